The maximum atomic E-state index is 12.5. The van der Waals surface area contributed by atoms with Gasteiger partial charge in [0.1, 0.15) is 0 Å². The molecule has 0 atom stereocenters. The number of amides is 1. The summed E-state index contributed by atoms with van der Waals surface area (Å²) < 4.78 is 2.94. The third-order valence-electron chi connectivity index (χ3n) is 3.36. The summed E-state index contributed by atoms with van der Waals surface area (Å²) in [5.41, 5.74) is 1.92. The molecule has 1 aromatic heterocycles. The van der Waals surface area contributed by atoms with E-state index in [1.165, 1.54) is 6.92 Å². The molecular weight excluding hydrogens is 332 g/mol. The number of carbonyl (C=O) groups excluding carboxylic acids is 2. The zero-order chi connectivity index (χ0) is 15.6. The summed E-state index contributed by atoms with van der Waals surface area (Å²) in [5, 5.41) is 0. The molecule has 0 saturated carbocycles. The number of aromatic nitrogens is 1. The second-order valence-electron chi connectivity index (χ2n) is 5.02. The van der Waals surface area contributed by atoms with E-state index in [0.29, 0.717) is 17.7 Å². The van der Waals surface area contributed by atoms with Crippen LogP contribution in [0.1, 0.15) is 33.3 Å². The van der Waals surface area contributed by atoms with Gasteiger partial charge in [0.05, 0.1) is 12.1 Å². The number of nitrogens with zero attached hydrogens (tertiary/aromatic N) is 2. The molecular formula is C16H17BrN2O2. The van der Waals surface area contributed by atoms with Crippen molar-refractivity contribution in [3.05, 3.63) is 57.8 Å². The smallest absolute Gasteiger partial charge is 0.254 e. The standard InChI is InChI=1S/C16H17BrN2O2/c1-11(20)14-6-4-5-7-15(14)16(21)19(3)10-13-8-12(17)9-18(13)2/h4-9H,10H2,1-3H3. The summed E-state index contributed by atoms with van der Waals surface area (Å²) in [5.74, 6) is -0.257. The lowest BCUT2D eigenvalue weighted by Gasteiger charge is -2.19. The molecule has 4 nitrogen and oxygen atoms in total. The van der Waals surface area contributed by atoms with E-state index < -0.39 is 0 Å². The van der Waals surface area contributed by atoms with Gasteiger partial charge in [-0.25, -0.2) is 0 Å². The van der Waals surface area contributed by atoms with E-state index in [-0.39, 0.29) is 11.7 Å². The van der Waals surface area contributed by atoms with Gasteiger partial charge < -0.3 is 9.47 Å². The van der Waals surface area contributed by atoms with Crippen molar-refractivity contribution in [3.63, 3.8) is 0 Å². The highest BCUT2D eigenvalue weighted by Crippen LogP contribution is 2.17. The van der Waals surface area contributed by atoms with Gasteiger partial charge in [0.2, 0.25) is 0 Å². The molecule has 0 spiro atoms. The Morgan fingerprint density at radius 3 is 2.38 bits per heavy atom. The fourth-order valence-corrected chi connectivity index (χ4v) is 2.79. The first-order valence-corrected chi connectivity index (χ1v) is 7.35. The molecule has 0 unspecified atom stereocenters. The molecule has 1 aromatic carbocycles. The minimum absolute atomic E-state index is 0.103. The van der Waals surface area contributed by atoms with Crippen LogP contribution in [0.4, 0.5) is 0 Å². The maximum Gasteiger partial charge on any atom is 0.254 e. The monoisotopic (exact) mass is 348 g/mol. The van der Waals surface area contributed by atoms with Crippen molar-refractivity contribution < 1.29 is 9.59 Å². The number of hydrogen-bond acceptors (Lipinski definition) is 2. The van der Waals surface area contributed by atoms with E-state index in [4.69, 9.17) is 0 Å². The molecule has 21 heavy (non-hydrogen) atoms. The van der Waals surface area contributed by atoms with Crippen LogP contribution in [0.25, 0.3) is 0 Å². The third kappa shape index (κ3) is 3.42. The highest BCUT2D eigenvalue weighted by atomic mass is 79.9. The predicted octanol–water partition coefficient (Wildman–Crippen LogP) is 3.26. The van der Waals surface area contributed by atoms with Crippen molar-refractivity contribution in [2.75, 3.05) is 7.05 Å². The van der Waals surface area contributed by atoms with Gasteiger partial charge >= 0.3 is 0 Å². The van der Waals surface area contributed by atoms with Crippen LogP contribution in [0, 0.1) is 0 Å². The van der Waals surface area contributed by atoms with Crippen molar-refractivity contribution in [2.45, 2.75) is 13.5 Å². The number of ketones is 1. The van der Waals surface area contributed by atoms with Crippen molar-refractivity contribution in [1.82, 2.24) is 9.47 Å². The Hall–Kier alpha value is -1.88. The fourth-order valence-electron chi connectivity index (χ4n) is 2.22. The molecule has 0 fully saturated rings. The molecule has 110 valence electrons. The summed E-state index contributed by atoms with van der Waals surface area (Å²) >= 11 is 3.42. The Morgan fingerprint density at radius 2 is 1.86 bits per heavy atom. The van der Waals surface area contributed by atoms with Crippen LogP contribution < -0.4 is 0 Å². The van der Waals surface area contributed by atoms with Crippen LogP contribution in [-0.2, 0) is 13.6 Å². The van der Waals surface area contributed by atoms with Crippen LogP contribution in [0.15, 0.2) is 41.0 Å². The molecule has 1 amide bonds. The maximum absolute atomic E-state index is 12.5. The molecule has 2 aromatic rings. The normalized spacial score (nSPS) is 10.5. The van der Waals surface area contributed by atoms with E-state index in [1.807, 2.05) is 23.9 Å². The van der Waals surface area contributed by atoms with Gasteiger partial charge in [-0.15, -0.1) is 0 Å². The Balaban J connectivity index is 2.24. The van der Waals surface area contributed by atoms with Gasteiger partial charge in [0.15, 0.2) is 5.78 Å². The highest BCUT2D eigenvalue weighted by Gasteiger charge is 2.18. The highest BCUT2D eigenvalue weighted by molar-refractivity contribution is 9.10. The Kier molecular flexibility index (Phi) is 4.63. The SMILES string of the molecule is CC(=O)c1ccccc1C(=O)N(C)Cc1cc(Br)cn1C. The number of benzene rings is 1. The second kappa shape index (κ2) is 6.26. The zero-order valence-electron chi connectivity index (χ0n) is 12.3. The summed E-state index contributed by atoms with van der Waals surface area (Å²) in [4.78, 5) is 25.8. The van der Waals surface area contributed by atoms with Crippen molar-refractivity contribution in [3.8, 4) is 0 Å². The van der Waals surface area contributed by atoms with Crippen molar-refractivity contribution in [1.29, 1.82) is 0 Å². The number of carbonyl (C=O) groups is 2. The summed E-state index contributed by atoms with van der Waals surface area (Å²) in [7, 11) is 3.67. The fraction of sp³-hybridized carbons (Fsp3) is 0.250. The van der Waals surface area contributed by atoms with Crippen LogP contribution in [-0.4, -0.2) is 28.2 Å². The van der Waals surface area contributed by atoms with Crippen LogP contribution >= 0.6 is 15.9 Å². The quantitative estimate of drug-likeness (QED) is 0.795. The van der Waals surface area contributed by atoms with Gasteiger partial charge in [-0.2, -0.15) is 0 Å². The van der Waals surface area contributed by atoms with Crippen molar-refractivity contribution >= 4 is 27.6 Å². The van der Waals surface area contributed by atoms with Crippen LogP contribution in [0.2, 0.25) is 0 Å². The Morgan fingerprint density at radius 1 is 1.24 bits per heavy atom. The molecule has 0 bridgehead atoms. The minimum Gasteiger partial charge on any atom is -0.352 e. The number of Topliss-reactive ketones (excluding diaryl/α,β-unsaturated/α-hetero) is 1. The topological polar surface area (TPSA) is 42.3 Å². The van der Waals surface area contributed by atoms with E-state index in [2.05, 4.69) is 15.9 Å². The largest absolute Gasteiger partial charge is 0.352 e. The predicted molar refractivity (Wildman–Crippen MR) is 85.4 cm³/mol. The Labute approximate surface area is 132 Å². The molecule has 2 rings (SSSR count). The lowest BCUT2D eigenvalue weighted by atomic mass is 10.0. The van der Waals surface area contributed by atoms with E-state index in [1.54, 1.807) is 36.2 Å². The second-order valence-corrected chi connectivity index (χ2v) is 5.94. The summed E-state index contributed by atoms with van der Waals surface area (Å²) in [6.45, 7) is 1.95. The number of hydrogen-bond donors (Lipinski definition) is 0. The lowest BCUT2D eigenvalue weighted by molar-refractivity contribution is 0.0777. The van der Waals surface area contributed by atoms with E-state index in [9.17, 15) is 9.59 Å². The van der Waals surface area contributed by atoms with Crippen LogP contribution in [0.5, 0.6) is 0 Å². The molecule has 0 aliphatic heterocycles. The third-order valence-corrected chi connectivity index (χ3v) is 3.79. The Bertz CT molecular complexity index is 691. The molecule has 1 heterocycles. The number of rotatable bonds is 4. The van der Waals surface area contributed by atoms with E-state index in [0.717, 1.165) is 10.2 Å². The zero-order valence-corrected chi connectivity index (χ0v) is 13.8. The van der Waals surface area contributed by atoms with Crippen molar-refractivity contribution in [2.24, 2.45) is 7.05 Å². The number of halogens is 1. The average molecular weight is 349 g/mol. The van der Waals surface area contributed by atoms with Gasteiger partial charge in [-0.05, 0) is 35.0 Å². The summed E-state index contributed by atoms with van der Waals surface area (Å²) in [6, 6.07) is 8.88. The molecule has 0 saturated heterocycles. The molecule has 5 heteroatoms. The van der Waals surface area contributed by atoms with Gasteiger partial charge in [0, 0.05) is 36.0 Å². The van der Waals surface area contributed by atoms with Gasteiger partial charge in [-0.3, -0.25) is 9.59 Å². The molecule has 0 N–H and O–H groups in total. The lowest BCUT2D eigenvalue weighted by Crippen LogP contribution is -2.28. The van der Waals surface area contributed by atoms with Crippen LogP contribution in [0.3, 0.4) is 0 Å². The number of aryl methyl sites for hydroxylation is 1. The minimum atomic E-state index is -0.155. The van der Waals surface area contributed by atoms with E-state index >= 15 is 0 Å². The molecule has 0 radical (unpaired) electrons. The molecule has 0 aliphatic carbocycles. The first kappa shape index (κ1) is 15.5. The first-order valence-electron chi connectivity index (χ1n) is 6.56. The molecule has 0 aliphatic rings. The first-order chi connectivity index (χ1) is 9.90. The van der Waals surface area contributed by atoms with Gasteiger partial charge in [0.25, 0.3) is 5.91 Å². The summed E-state index contributed by atoms with van der Waals surface area (Å²) in [6.07, 6.45) is 1.94. The van der Waals surface area contributed by atoms with Gasteiger partial charge in [-0.1, -0.05) is 18.2 Å². The average Bonchev–Trinajstić information content (AvgIpc) is 2.75.